The Bertz CT molecular complexity index is 266. The van der Waals surface area contributed by atoms with Crippen molar-refractivity contribution in [2.24, 2.45) is 11.8 Å². The molecule has 98 valence electrons. The maximum atomic E-state index is 11.5. The molecule has 2 unspecified atom stereocenters. The fraction of sp³-hybridized carbons (Fsp3) is 0.923. The molecule has 4 nitrogen and oxygen atoms in total. The second kappa shape index (κ2) is 5.83. The number of nitrogens with zero attached hydrogens (tertiary/aromatic N) is 1. The minimum Gasteiger partial charge on any atom is -0.396 e. The molecule has 2 rings (SSSR count). The van der Waals surface area contributed by atoms with Gasteiger partial charge in [0, 0.05) is 32.7 Å². The lowest BCUT2D eigenvalue weighted by Crippen LogP contribution is -2.51. The molecule has 2 aliphatic rings. The van der Waals surface area contributed by atoms with Crippen LogP contribution in [0.1, 0.15) is 32.6 Å². The van der Waals surface area contributed by atoms with Crippen LogP contribution in [0.5, 0.6) is 0 Å². The van der Waals surface area contributed by atoms with Crippen LogP contribution >= 0.6 is 0 Å². The third-order valence-electron chi connectivity index (χ3n) is 3.91. The summed E-state index contributed by atoms with van der Waals surface area (Å²) in [4.78, 5) is 13.4. The van der Waals surface area contributed by atoms with E-state index >= 15 is 0 Å². The van der Waals surface area contributed by atoms with Crippen LogP contribution in [-0.4, -0.2) is 48.2 Å². The van der Waals surface area contributed by atoms with Gasteiger partial charge in [-0.2, -0.15) is 0 Å². The summed E-state index contributed by atoms with van der Waals surface area (Å²) in [5, 5.41) is 12.6. The first kappa shape index (κ1) is 12.8. The fourth-order valence-corrected chi connectivity index (χ4v) is 2.66. The predicted octanol–water partition coefficient (Wildman–Crippen LogP) is 0.605. The van der Waals surface area contributed by atoms with Crippen LogP contribution in [0, 0.1) is 11.8 Å². The van der Waals surface area contributed by atoms with Gasteiger partial charge in [0.15, 0.2) is 0 Å². The molecule has 1 saturated carbocycles. The Hall–Kier alpha value is -0.610. The van der Waals surface area contributed by atoms with Gasteiger partial charge in [0.05, 0.1) is 0 Å². The quantitative estimate of drug-likeness (QED) is 0.740. The van der Waals surface area contributed by atoms with Gasteiger partial charge in [-0.25, -0.2) is 0 Å². The number of carbonyl (C=O) groups is 1. The summed E-state index contributed by atoms with van der Waals surface area (Å²) in [7, 11) is 0. The number of aliphatic hydroxyl groups excluding tert-OH is 1. The number of piperidine rings is 1. The zero-order chi connectivity index (χ0) is 12.3. The molecule has 17 heavy (non-hydrogen) atoms. The van der Waals surface area contributed by atoms with E-state index < -0.39 is 0 Å². The summed E-state index contributed by atoms with van der Waals surface area (Å²) >= 11 is 0. The molecule has 1 amide bonds. The number of carbonyl (C=O) groups excluding carboxylic acids is 1. The average molecular weight is 240 g/mol. The summed E-state index contributed by atoms with van der Waals surface area (Å²) in [5.74, 6) is 1.49. The molecule has 2 fully saturated rings. The summed E-state index contributed by atoms with van der Waals surface area (Å²) in [5.41, 5.74) is 0. The highest BCUT2D eigenvalue weighted by Gasteiger charge is 2.29. The van der Waals surface area contributed by atoms with Gasteiger partial charge < -0.3 is 15.3 Å². The highest BCUT2D eigenvalue weighted by molar-refractivity contribution is 5.73. The monoisotopic (exact) mass is 240 g/mol. The van der Waals surface area contributed by atoms with E-state index in [9.17, 15) is 4.79 Å². The maximum absolute atomic E-state index is 11.5. The number of amides is 1. The smallest absolute Gasteiger partial charge is 0.219 e. The van der Waals surface area contributed by atoms with Crippen LogP contribution in [0.2, 0.25) is 0 Å². The number of nitrogens with one attached hydrogen (secondary N) is 1. The molecular formula is C13H24N2O2. The van der Waals surface area contributed by atoms with Crippen molar-refractivity contribution in [3.05, 3.63) is 0 Å². The van der Waals surface area contributed by atoms with Gasteiger partial charge in [0.2, 0.25) is 5.91 Å². The largest absolute Gasteiger partial charge is 0.396 e. The van der Waals surface area contributed by atoms with E-state index in [0.717, 1.165) is 38.4 Å². The van der Waals surface area contributed by atoms with Gasteiger partial charge in [0.1, 0.15) is 0 Å². The predicted molar refractivity (Wildman–Crippen MR) is 66.6 cm³/mol. The Morgan fingerprint density at radius 1 is 1.35 bits per heavy atom. The zero-order valence-electron chi connectivity index (χ0n) is 10.7. The van der Waals surface area contributed by atoms with E-state index in [-0.39, 0.29) is 12.5 Å². The summed E-state index contributed by atoms with van der Waals surface area (Å²) in [6.07, 6.45) is 4.62. The molecule has 2 N–H and O–H groups in total. The molecule has 1 aliphatic heterocycles. The number of hydrogen-bond donors (Lipinski definition) is 2. The minimum absolute atomic E-state index is 0.158. The first-order valence-corrected chi connectivity index (χ1v) is 6.78. The molecule has 4 heteroatoms. The molecular weight excluding hydrogens is 216 g/mol. The van der Waals surface area contributed by atoms with Crippen LogP contribution < -0.4 is 5.32 Å². The standard InChI is InChI=1S/C13H24N2O2/c1-10(17)15-8-12(4-5-16)6-13(9-15)14-7-11-2-3-11/h11-14,16H,2-9H2,1H3. The third kappa shape index (κ3) is 3.96. The van der Waals surface area contributed by atoms with Gasteiger partial charge in [-0.05, 0) is 44.1 Å². The Morgan fingerprint density at radius 2 is 2.12 bits per heavy atom. The van der Waals surface area contributed by atoms with Crippen LogP contribution in [0.4, 0.5) is 0 Å². The van der Waals surface area contributed by atoms with Crippen LogP contribution in [0.3, 0.4) is 0 Å². The molecule has 0 aromatic heterocycles. The summed E-state index contributed by atoms with van der Waals surface area (Å²) in [6.45, 7) is 4.62. The molecule has 0 radical (unpaired) electrons. The molecule has 0 spiro atoms. The van der Waals surface area contributed by atoms with Gasteiger partial charge in [-0.1, -0.05) is 0 Å². The van der Waals surface area contributed by atoms with Crippen molar-refractivity contribution in [2.45, 2.75) is 38.6 Å². The fourth-order valence-electron chi connectivity index (χ4n) is 2.66. The first-order chi connectivity index (χ1) is 8.19. The van der Waals surface area contributed by atoms with Crippen LogP contribution in [0.25, 0.3) is 0 Å². The summed E-state index contributed by atoms with van der Waals surface area (Å²) in [6, 6.07) is 0.421. The zero-order valence-corrected chi connectivity index (χ0v) is 10.7. The van der Waals surface area contributed by atoms with E-state index in [2.05, 4.69) is 5.32 Å². The maximum Gasteiger partial charge on any atom is 0.219 e. The Labute approximate surface area is 103 Å². The van der Waals surface area contributed by atoms with Crippen molar-refractivity contribution >= 4 is 5.91 Å². The van der Waals surface area contributed by atoms with E-state index in [1.54, 1.807) is 6.92 Å². The normalized spacial score (nSPS) is 29.4. The van der Waals surface area contributed by atoms with E-state index in [4.69, 9.17) is 5.11 Å². The van der Waals surface area contributed by atoms with Crippen molar-refractivity contribution in [3.8, 4) is 0 Å². The molecule has 1 heterocycles. The highest BCUT2D eigenvalue weighted by atomic mass is 16.3. The second-order valence-electron chi connectivity index (χ2n) is 5.59. The van der Waals surface area contributed by atoms with Crippen molar-refractivity contribution in [1.82, 2.24) is 10.2 Å². The van der Waals surface area contributed by atoms with Gasteiger partial charge in [-0.15, -0.1) is 0 Å². The Kier molecular flexibility index (Phi) is 4.40. The van der Waals surface area contributed by atoms with E-state index in [1.165, 1.54) is 12.8 Å². The van der Waals surface area contributed by atoms with Crippen molar-refractivity contribution in [2.75, 3.05) is 26.2 Å². The van der Waals surface area contributed by atoms with Crippen LogP contribution in [-0.2, 0) is 4.79 Å². The topological polar surface area (TPSA) is 52.6 Å². The van der Waals surface area contributed by atoms with Gasteiger partial charge in [-0.3, -0.25) is 4.79 Å². The lowest BCUT2D eigenvalue weighted by Gasteiger charge is -2.37. The summed E-state index contributed by atoms with van der Waals surface area (Å²) < 4.78 is 0. The highest BCUT2D eigenvalue weighted by Crippen LogP contribution is 2.28. The second-order valence-corrected chi connectivity index (χ2v) is 5.59. The lowest BCUT2D eigenvalue weighted by molar-refractivity contribution is -0.131. The SMILES string of the molecule is CC(=O)N1CC(CCO)CC(NCC2CC2)C1. The average Bonchev–Trinajstić information content (AvgIpc) is 3.10. The minimum atomic E-state index is 0.158. The molecule has 0 aromatic carbocycles. The van der Waals surface area contributed by atoms with Gasteiger partial charge >= 0.3 is 0 Å². The third-order valence-corrected chi connectivity index (χ3v) is 3.91. The number of hydrogen-bond acceptors (Lipinski definition) is 3. The number of likely N-dealkylation sites (tertiary alicyclic amines) is 1. The molecule has 1 aliphatic carbocycles. The molecule has 0 bridgehead atoms. The number of rotatable bonds is 5. The van der Waals surface area contributed by atoms with E-state index in [1.807, 2.05) is 4.90 Å². The lowest BCUT2D eigenvalue weighted by atomic mass is 9.91. The van der Waals surface area contributed by atoms with Crippen molar-refractivity contribution in [1.29, 1.82) is 0 Å². The molecule has 2 atom stereocenters. The van der Waals surface area contributed by atoms with Gasteiger partial charge in [0.25, 0.3) is 0 Å². The van der Waals surface area contributed by atoms with Crippen LogP contribution in [0.15, 0.2) is 0 Å². The van der Waals surface area contributed by atoms with Crippen molar-refractivity contribution in [3.63, 3.8) is 0 Å². The van der Waals surface area contributed by atoms with Crippen molar-refractivity contribution < 1.29 is 9.90 Å². The first-order valence-electron chi connectivity index (χ1n) is 6.78. The molecule has 0 aromatic rings. The van der Waals surface area contributed by atoms with E-state index in [0.29, 0.717) is 12.0 Å². The molecule has 1 saturated heterocycles. The number of aliphatic hydroxyl groups is 1. The Balaban J connectivity index is 1.83. The Morgan fingerprint density at radius 3 is 2.71 bits per heavy atom.